The van der Waals surface area contributed by atoms with Crippen molar-refractivity contribution in [1.82, 2.24) is 15.3 Å². The second kappa shape index (κ2) is 6.28. The van der Waals surface area contributed by atoms with Gasteiger partial charge in [-0.15, -0.1) is 0 Å². The molecule has 0 spiro atoms. The molecule has 0 saturated heterocycles. The molecule has 1 atom stereocenters. The van der Waals surface area contributed by atoms with Crippen LogP contribution in [0.3, 0.4) is 0 Å². The lowest BCUT2D eigenvalue weighted by molar-refractivity contribution is 0.0935. The fraction of sp³-hybridized carbons (Fsp3) is 0.211. The van der Waals surface area contributed by atoms with Crippen LogP contribution in [-0.2, 0) is 0 Å². The summed E-state index contributed by atoms with van der Waals surface area (Å²) in [4.78, 5) is 21.1. The molecular formula is C19H19N3O2. The van der Waals surface area contributed by atoms with Crippen molar-refractivity contribution in [3.05, 3.63) is 65.1 Å². The molecule has 2 N–H and O–H groups in total. The van der Waals surface area contributed by atoms with Crippen molar-refractivity contribution in [2.45, 2.75) is 26.8 Å². The van der Waals surface area contributed by atoms with Gasteiger partial charge in [0.15, 0.2) is 0 Å². The summed E-state index contributed by atoms with van der Waals surface area (Å²) in [5, 5.41) is 13.6. The minimum absolute atomic E-state index is 0.0635. The smallest absolute Gasteiger partial charge is 0.270 e. The van der Waals surface area contributed by atoms with Gasteiger partial charge in [0.1, 0.15) is 17.0 Å². The average Bonchev–Trinajstić information content (AvgIpc) is 2.57. The van der Waals surface area contributed by atoms with Gasteiger partial charge in [-0.2, -0.15) is 0 Å². The Labute approximate surface area is 140 Å². The molecule has 24 heavy (non-hydrogen) atoms. The first-order chi connectivity index (χ1) is 11.5. The van der Waals surface area contributed by atoms with Crippen LogP contribution in [-0.4, -0.2) is 21.0 Å². The zero-order valence-corrected chi connectivity index (χ0v) is 13.9. The van der Waals surface area contributed by atoms with Crippen molar-refractivity contribution in [1.29, 1.82) is 0 Å². The number of benzene rings is 1. The number of para-hydroxylation sites is 1. The molecule has 0 aliphatic carbocycles. The Bertz CT molecular complexity index is 922. The van der Waals surface area contributed by atoms with Gasteiger partial charge in [-0.25, -0.2) is 4.98 Å². The molecule has 122 valence electrons. The second-order valence-electron chi connectivity index (χ2n) is 5.91. The number of nitrogens with one attached hydrogen (secondary N) is 1. The SMILES string of the molecule is Cc1cc(C(C)NC(=O)c2ccc3cccc(O)c3n2)cnc1C. The van der Waals surface area contributed by atoms with Gasteiger partial charge in [0.25, 0.3) is 5.91 Å². The number of amides is 1. The number of rotatable bonds is 3. The maximum atomic E-state index is 12.5. The van der Waals surface area contributed by atoms with Crippen LogP contribution >= 0.6 is 0 Å². The highest BCUT2D eigenvalue weighted by molar-refractivity contribution is 5.96. The summed E-state index contributed by atoms with van der Waals surface area (Å²) in [5.41, 5.74) is 3.69. The molecular weight excluding hydrogens is 302 g/mol. The maximum Gasteiger partial charge on any atom is 0.270 e. The number of hydrogen-bond donors (Lipinski definition) is 2. The van der Waals surface area contributed by atoms with Crippen LogP contribution in [0.15, 0.2) is 42.6 Å². The van der Waals surface area contributed by atoms with E-state index in [-0.39, 0.29) is 23.4 Å². The van der Waals surface area contributed by atoms with Crippen molar-refractivity contribution >= 4 is 16.8 Å². The van der Waals surface area contributed by atoms with Crippen LogP contribution in [0.1, 0.15) is 40.3 Å². The summed E-state index contributed by atoms with van der Waals surface area (Å²) in [7, 11) is 0. The quantitative estimate of drug-likeness (QED) is 0.775. The van der Waals surface area contributed by atoms with Crippen molar-refractivity contribution in [2.75, 3.05) is 0 Å². The molecule has 1 aromatic carbocycles. The van der Waals surface area contributed by atoms with Gasteiger partial charge in [-0.1, -0.05) is 24.3 Å². The molecule has 0 radical (unpaired) electrons. The van der Waals surface area contributed by atoms with E-state index in [9.17, 15) is 9.90 Å². The monoisotopic (exact) mass is 321 g/mol. The van der Waals surface area contributed by atoms with E-state index in [1.165, 1.54) is 0 Å². The molecule has 0 fully saturated rings. The summed E-state index contributed by atoms with van der Waals surface area (Å²) in [6.45, 7) is 5.85. The lowest BCUT2D eigenvalue weighted by atomic mass is 10.1. The molecule has 2 aromatic heterocycles. The number of pyridine rings is 2. The maximum absolute atomic E-state index is 12.5. The topological polar surface area (TPSA) is 75.1 Å². The summed E-state index contributed by atoms with van der Waals surface area (Å²) in [5.74, 6) is -0.223. The Hall–Kier alpha value is -2.95. The van der Waals surface area contributed by atoms with E-state index < -0.39 is 0 Å². The van der Waals surface area contributed by atoms with E-state index in [1.807, 2.05) is 32.9 Å². The Balaban J connectivity index is 1.84. The average molecular weight is 321 g/mol. The summed E-state index contributed by atoms with van der Waals surface area (Å²) >= 11 is 0. The molecule has 0 aliphatic rings. The third-order valence-corrected chi connectivity index (χ3v) is 4.14. The molecule has 5 nitrogen and oxygen atoms in total. The molecule has 1 amide bonds. The molecule has 5 heteroatoms. The van der Waals surface area contributed by atoms with E-state index in [2.05, 4.69) is 15.3 Å². The third-order valence-electron chi connectivity index (χ3n) is 4.14. The summed E-state index contributed by atoms with van der Waals surface area (Å²) in [6.07, 6.45) is 1.77. The lowest BCUT2D eigenvalue weighted by Crippen LogP contribution is -2.27. The van der Waals surface area contributed by atoms with Crippen LogP contribution in [0, 0.1) is 13.8 Å². The predicted molar refractivity (Wildman–Crippen MR) is 93.0 cm³/mol. The van der Waals surface area contributed by atoms with E-state index >= 15 is 0 Å². The molecule has 0 bridgehead atoms. The summed E-state index contributed by atoms with van der Waals surface area (Å²) in [6, 6.07) is 10.4. The van der Waals surface area contributed by atoms with Crippen molar-refractivity contribution in [2.24, 2.45) is 0 Å². The minimum atomic E-state index is -0.286. The highest BCUT2D eigenvalue weighted by atomic mass is 16.3. The first kappa shape index (κ1) is 15.9. The van der Waals surface area contributed by atoms with Crippen LogP contribution in [0.2, 0.25) is 0 Å². The molecule has 3 aromatic rings. The molecule has 2 heterocycles. The van der Waals surface area contributed by atoms with E-state index in [0.29, 0.717) is 5.52 Å². The van der Waals surface area contributed by atoms with Crippen molar-refractivity contribution in [3.63, 3.8) is 0 Å². The number of fused-ring (bicyclic) bond motifs is 1. The van der Waals surface area contributed by atoms with Gasteiger partial charge in [0.2, 0.25) is 0 Å². The normalized spacial score (nSPS) is 12.1. The first-order valence-corrected chi connectivity index (χ1v) is 7.78. The van der Waals surface area contributed by atoms with Gasteiger partial charge in [0.05, 0.1) is 6.04 Å². The zero-order chi connectivity index (χ0) is 17.3. The first-order valence-electron chi connectivity index (χ1n) is 7.78. The number of carbonyl (C=O) groups excluding carboxylic acids is 1. The number of aryl methyl sites for hydroxylation is 2. The Morgan fingerprint density at radius 1 is 1.21 bits per heavy atom. The van der Waals surface area contributed by atoms with Gasteiger partial charge >= 0.3 is 0 Å². The van der Waals surface area contributed by atoms with E-state index in [4.69, 9.17) is 0 Å². The van der Waals surface area contributed by atoms with Gasteiger partial charge in [-0.3, -0.25) is 9.78 Å². The van der Waals surface area contributed by atoms with Crippen LogP contribution in [0.25, 0.3) is 10.9 Å². The van der Waals surface area contributed by atoms with Crippen molar-refractivity contribution < 1.29 is 9.90 Å². The van der Waals surface area contributed by atoms with Gasteiger partial charge < -0.3 is 10.4 Å². The fourth-order valence-electron chi connectivity index (χ4n) is 2.51. The lowest BCUT2D eigenvalue weighted by Gasteiger charge is -2.15. The number of phenols is 1. The Morgan fingerprint density at radius 2 is 2.00 bits per heavy atom. The Kier molecular flexibility index (Phi) is 4.16. The number of phenolic OH excluding ortho intramolecular Hbond substituents is 1. The fourth-order valence-corrected chi connectivity index (χ4v) is 2.51. The van der Waals surface area contributed by atoms with E-state index in [1.54, 1.807) is 30.5 Å². The largest absolute Gasteiger partial charge is 0.506 e. The van der Waals surface area contributed by atoms with Crippen LogP contribution < -0.4 is 5.32 Å². The highest BCUT2D eigenvalue weighted by Crippen LogP contribution is 2.22. The zero-order valence-electron chi connectivity index (χ0n) is 13.9. The molecule has 1 unspecified atom stereocenters. The minimum Gasteiger partial charge on any atom is -0.506 e. The number of hydrogen-bond acceptors (Lipinski definition) is 4. The second-order valence-corrected chi connectivity index (χ2v) is 5.91. The molecule has 0 saturated carbocycles. The van der Waals surface area contributed by atoms with Crippen LogP contribution in [0.5, 0.6) is 5.75 Å². The van der Waals surface area contributed by atoms with Gasteiger partial charge in [0, 0.05) is 17.3 Å². The van der Waals surface area contributed by atoms with E-state index in [0.717, 1.165) is 22.2 Å². The Morgan fingerprint density at radius 3 is 2.75 bits per heavy atom. The highest BCUT2D eigenvalue weighted by Gasteiger charge is 2.14. The molecule has 0 aliphatic heterocycles. The molecule has 3 rings (SSSR count). The number of aromatic nitrogens is 2. The number of nitrogens with zero attached hydrogens (tertiary/aromatic N) is 2. The van der Waals surface area contributed by atoms with Crippen LogP contribution in [0.4, 0.5) is 0 Å². The predicted octanol–water partition coefficient (Wildman–Crippen LogP) is 3.44. The summed E-state index contributed by atoms with van der Waals surface area (Å²) < 4.78 is 0. The van der Waals surface area contributed by atoms with Crippen molar-refractivity contribution in [3.8, 4) is 5.75 Å². The number of carbonyl (C=O) groups is 1. The van der Waals surface area contributed by atoms with Gasteiger partial charge in [-0.05, 0) is 44.0 Å². The third kappa shape index (κ3) is 3.06. The number of aromatic hydroxyl groups is 1. The standard InChI is InChI=1S/C19H19N3O2/c1-11-9-15(10-20-12(11)2)13(3)21-19(24)16-8-7-14-5-4-6-17(23)18(14)22-16/h4-10,13,23H,1-3H3,(H,21,24).